The van der Waals surface area contributed by atoms with E-state index in [1.54, 1.807) is 18.4 Å². The van der Waals surface area contributed by atoms with E-state index in [9.17, 15) is 9.59 Å². The van der Waals surface area contributed by atoms with Crippen molar-refractivity contribution in [1.29, 1.82) is 0 Å². The van der Waals surface area contributed by atoms with Crippen LogP contribution in [0.5, 0.6) is 0 Å². The number of hydrogen-bond donors (Lipinski definition) is 3. The molecular formula is C15H21N3O2S. The van der Waals surface area contributed by atoms with Crippen LogP contribution < -0.4 is 16.4 Å². The first-order chi connectivity index (χ1) is 9.93. The van der Waals surface area contributed by atoms with Crippen molar-refractivity contribution >= 4 is 23.2 Å². The van der Waals surface area contributed by atoms with Crippen LogP contribution in [0.2, 0.25) is 0 Å². The van der Waals surface area contributed by atoms with Crippen molar-refractivity contribution in [2.45, 2.75) is 26.8 Å². The first kappa shape index (κ1) is 17.2. The molecule has 0 fully saturated rings. The predicted octanol–water partition coefficient (Wildman–Crippen LogP) is 0.949. The molecule has 0 aliphatic carbocycles. The van der Waals surface area contributed by atoms with Crippen molar-refractivity contribution in [1.82, 2.24) is 10.6 Å². The van der Waals surface area contributed by atoms with Crippen LogP contribution in [0.3, 0.4) is 0 Å². The van der Waals surface area contributed by atoms with Crippen LogP contribution in [0, 0.1) is 17.8 Å². The Morgan fingerprint density at radius 2 is 2.10 bits per heavy atom. The van der Waals surface area contributed by atoms with Gasteiger partial charge in [-0.1, -0.05) is 25.7 Å². The van der Waals surface area contributed by atoms with Gasteiger partial charge in [-0.3, -0.25) is 9.59 Å². The lowest BCUT2D eigenvalue weighted by Gasteiger charge is -2.14. The third-order valence-electron chi connectivity index (χ3n) is 2.60. The zero-order valence-electron chi connectivity index (χ0n) is 12.5. The fraction of sp³-hybridized carbons (Fsp3) is 0.467. The Bertz CT molecular complexity index is 555. The molecule has 1 rings (SSSR count). The second kappa shape index (κ2) is 8.45. The van der Waals surface area contributed by atoms with Gasteiger partial charge in [-0.2, -0.15) is 0 Å². The summed E-state index contributed by atoms with van der Waals surface area (Å²) >= 11 is 1.38. The molecule has 0 saturated heterocycles. The standard InChI is InChI=1S/C15H21N3O2S/c1-10(2)8-17-14(19)11(3)18-15(20)12-7-13(21-9-12)5-4-6-16/h7,9-11H,6,8,16H2,1-3H3,(H,17,19)(H,18,20). The Morgan fingerprint density at radius 3 is 2.71 bits per heavy atom. The Labute approximate surface area is 129 Å². The van der Waals surface area contributed by atoms with E-state index < -0.39 is 6.04 Å². The van der Waals surface area contributed by atoms with Crippen LogP contribution in [-0.2, 0) is 4.79 Å². The summed E-state index contributed by atoms with van der Waals surface area (Å²) in [5.74, 6) is 5.52. The Hall–Kier alpha value is -1.84. The zero-order chi connectivity index (χ0) is 15.8. The van der Waals surface area contributed by atoms with Gasteiger partial charge in [-0.05, 0) is 18.9 Å². The number of rotatable bonds is 5. The van der Waals surface area contributed by atoms with Gasteiger partial charge < -0.3 is 16.4 Å². The van der Waals surface area contributed by atoms with Gasteiger partial charge in [-0.15, -0.1) is 11.3 Å². The highest BCUT2D eigenvalue weighted by molar-refractivity contribution is 7.10. The molecule has 5 nitrogen and oxygen atoms in total. The van der Waals surface area contributed by atoms with Crippen LogP contribution in [0.4, 0.5) is 0 Å². The van der Waals surface area contributed by atoms with Crippen molar-refractivity contribution in [3.8, 4) is 11.8 Å². The fourth-order valence-corrected chi connectivity index (χ4v) is 2.22. The van der Waals surface area contributed by atoms with E-state index in [4.69, 9.17) is 5.73 Å². The molecule has 0 bridgehead atoms. The Balaban J connectivity index is 2.56. The van der Waals surface area contributed by atoms with E-state index in [1.165, 1.54) is 11.3 Å². The van der Waals surface area contributed by atoms with E-state index in [0.717, 1.165) is 4.88 Å². The van der Waals surface area contributed by atoms with Crippen molar-refractivity contribution in [2.75, 3.05) is 13.1 Å². The Morgan fingerprint density at radius 1 is 1.38 bits per heavy atom. The number of carbonyl (C=O) groups excluding carboxylic acids is 2. The van der Waals surface area contributed by atoms with Gasteiger partial charge >= 0.3 is 0 Å². The summed E-state index contributed by atoms with van der Waals surface area (Å²) in [5.41, 5.74) is 5.80. The number of carbonyl (C=O) groups is 2. The van der Waals surface area contributed by atoms with E-state index in [2.05, 4.69) is 22.5 Å². The van der Waals surface area contributed by atoms with Crippen LogP contribution in [-0.4, -0.2) is 30.9 Å². The maximum absolute atomic E-state index is 12.0. The van der Waals surface area contributed by atoms with Gasteiger partial charge in [0.2, 0.25) is 5.91 Å². The van der Waals surface area contributed by atoms with Gasteiger partial charge in [-0.25, -0.2) is 0 Å². The van der Waals surface area contributed by atoms with Crippen molar-refractivity contribution in [3.05, 3.63) is 21.9 Å². The molecule has 2 amide bonds. The van der Waals surface area contributed by atoms with Crippen molar-refractivity contribution in [2.24, 2.45) is 11.7 Å². The smallest absolute Gasteiger partial charge is 0.252 e. The highest BCUT2D eigenvalue weighted by Gasteiger charge is 2.17. The molecule has 0 aromatic carbocycles. The Kier molecular flexibility index (Phi) is 6.92. The second-order valence-electron chi connectivity index (χ2n) is 5.04. The first-order valence-corrected chi connectivity index (χ1v) is 7.68. The highest BCUT2D eigenvalue weighted by atomic mass is 32.1. The molecule has 0 aliphatic heterocycles. The molecule has 0 saturated carbocycles. The first-order valence-electron chi connectivity index (χ1n) is 6.80. The van der Waals surface area contributed by atoms with Crippen molar-refractivity contribution < 1.29 is 9.59 Å². The molecule has 1 heterocycles. The summed E-state index contributed by atoms with van der Waals surface area (Å²) in [7, 11) is 0. The lowest BCUT2D eigenvalue weighted by Crippen LogP contribution is -2.45. The van der Waals surface area contributed by atoms with Gasteiger partial charge in [0.05, 0.1) is 17.0 Å². The molecule has 1 aromatic rings. The minimum Gasteiger partial charge on any atom is -0.354 e. The molecule has 0 aliphatic rings. The third kappa shape index (κ3) is 5.98. The van der Waals surface area contributed by atoms with Crippen LogP contribution in [0.25, 0.3) is 0 Å². The number of nitrogens with one attached hydrogen (secondary N) is 2. The quantitative estimate of drug-likeness (QED) is 0.708. The summed E-state index contributed by atoms with van der Waals surface area (Å²) in [6, 6.07) is 1.12. The predicted molar refractivity (Wildman–Crippen MR) is 85.0 cm³/mol. The molecule has 1 unspecified atom stereocenters. The van der Waals surface area contributed by atoms with E-state index in [-0.39, 0.29) is 18.4 Å². The highest BCUT2D eigenvalue weighted by Crippen LogP contribution is 2.13. The molecule has 114 valence electrons. The topological polar surface area (TPSA) is 84.2 Å². The fourth-order valence-electron chi connectivity index (χ4n) is 1.46. The zero-order valence-corrected chi connectivity index (χ0v) is 13.3. The van der Waals surface area contributed by atoms with E-state index >= 15 is 0 Å². The monoisotopic (exact) mass is 307 g/mol. The van der Waals surface area contributed by atoms with Gasteiger partial charge in [0.15, 0.2) is 0 Å². The SMILES string of the molecule is CC(C)CNC(=O)C(C)NC(=O)c1csc(C#CCN)c1. The van der Waals surface area contributed by atoms with E-state index in [1.807, 2.05) is 13.8 Å². The molecule has 0 spiro atoms. The van der Waals surface area contributed by atoms with Gasteiger partial charge in [0.1, 0.15) is 6.04 Å². The molecule has 21 heavy (non-hydrogen) atoms. The molecule has 0 radical (unpaired) electrons. The number of thiophene rings is 1. The molecular weight excluding hydrogens is 286 g/mol. The molecule has 4 N–H and O–H groups in total. The van der Waals surface area contributed by atoms with Gasteiger partial charge in [0, 0.05) is 11.9 Å². The molecule has 6 heteroatoms. The minimum atomic E-state index is -0.574. The lowest BCUT2D eigenvalue weighted by molar-refractivity contribution is -0.122. The van der Waals surface area contributed by atoms with Gasteiger partial charge in [0.25, 0.3) is 5.91 Å². The van der Waals surface area contributed by atoms with Crippen molar-refractivity contribution in [3.63, 3.8) is 0 Å². The summed E-state index contributed by atoms with van der Waals surface area (Å²) in [6.45, 7) is 6.56. The normalized spacial score (nSPS) is 11.5. The second-order valence-corrected chi connectivity index (χ2v) is 5.95. The molecule has 1 atom stereocenters. The molecule has 1 aromatic heterocycles. The van der Waals surface area contributed by atoms with Crippen LogP contribution in [0.1, 0.15) is 36.0 Å². The summed E-state index contributed by atoms with van der Waals surface area (Å²) < 4.78 is 0. The van der Waals surface area contributed by atoms with Crippen LogP contribution in [0.15, 0.2) is 11.4 Å². The van der Waals surface area contributed by atoms with Crippen LogP contribution >= 0.6 is 11.3 Å². The minimum absolute atomic E-state index is 0.185. The number of amides is 2. The average molecular weight is 307 g/mol. The summed E-state index contributed by atoms with van der Waals surface area (Å²) in [5, 5.41) is 7.17. The maximum Gasteiger partial charge on any atom is 0.252 e. The maximum atomic E-state index is 12.0. The average Bonchev–Trinajstić information content (AvgIpc) is 2.91. The number of hydrogen-bond acceptors (Lipinski definition) is 4. The largest absolute Gasteiger partial charge is 0.354 e. The number of nitrogens with two attached hydrogens (primary N) is 1. The summed E-state index contributed by atoms with van der Waals surface area (Å²) in [4.78, 5) is 24.6. The lowest BCUT2D eigenvalue weighted by atomic mass is 10.2. The summed E-state index contributed by atoms with van der Waals surface area (Å²) in [6.07, 6.45) is 0. The van der Waals surface area contributed by atoms with E-state index in [0.29, 0.717) is 18.0 Å². The third-order valence-corrected chi connectivity index (χ3v) is 3.45.